The van der Waals surface area contributed by atoms with Gasteiger partial charge in [0.1, 0.15) is 17.1 Å². The van der Waals surface area contributed by atoms with Crippen LogP contribution in [0.15, 0.2) is 56.9 Å². The molecule has 2 aliphatic rings. The highest BCUT2D eigenvalue weighted by molar-refractivity contribution is 7.92. The van der Waals surface area contributed by atoms with Gasteiger partial charge in [-0.15, -0.1) is 0 Å². The predicted octanol–water partition coefficient (Wildman–Crippen LogP) is 5.70. The molecule has 1 aliphatic carbocycles. The molecule has 10 nitrogen and oxygen atoms in total. The minimum atomic E-state index is -4.14. The van der Waals surface area contributed by atoms with Crippen LogP contribution in [-0.2, 0) is 21.4 Å². The highest BCUT2D eigenvalue weighted by atomic mass is 32.2. The molecule has 1 fully saturated rings. The van der Waals surface area contributed by atoms with Crippen molar-refractivity contribution in [3.05, 3.63) is 64.9 Å². The fourth-order valence-electron chi connectivity index (χ4n) is 5.60. The van der Waals surface area contributed by atoms with Crippen molar-refractivity contribution >= 4 is 33.6 Å². The molecule has 0 unspecified atom stereocenters. The fourth-order valence-corrected chi connectivity index (χ4v) is 6.88. The Labute approximate surface area is 239 Å². The first-order chi connectivity index (χ1) is 19.6. The van der Waals surface area contributed by atoms with E-state index < -0.39 is 21.5 Å². The second kappa shape index (κ2) is 11.1. The number of unbranched alkanes of at least 4 members (excludes halogenated alkanes) is 1. The standard InChI is InChI=1S/C30H34N4O6S/c1-4-5-12-26-31-30(15-8-9-16-30)29(37)34(26)18-21-13-14-22(24(17-21)28(35)36)23-10-6-7-11-25(23)41(38,39)33-27-19(2)20(3)40-32-27/h6-7,10-11,13-14,17H,4-5,8-9,12,15-16,18H2,1-3H3,(H,32,33)(H,35,36). The Balaban J connectivity index is 1.49. The molecule has 11 heteroatoms. The topological polar surface area (TPSA) is 142 Å². The van der Waals surface area contributed by atoms with E-state index in [9.17, 15) is 23.1 Å². The molecule has 0 atom stereocenters. The summed E-state index contributed by atoms with van der Waals surface area (Å²) >= 11 is 0. The molecule has 2 heterocycles. The zero-order chi connectivity index (χ0) is 29.4. The van der Waals surface area contributed by atoms with E-state index in [4.69, 9.17) is 9.52 Å². The SMILES string of the molecule is CCCCC1=NC2(CCCC2)C(=O)N1Cc1ccc(-c2ccccc2S(=O)(=O)Nc2noc(C)c2C)c(C(=O)O)c1. The van der Waals surface area contributed by atoms with Crippen molar-refractivity contribution in [3.63, 3.8) is 0 Å². The molecule has 1 aliphatic heterocycles. The van der Waals surface area contributed by atoms with Crippen LogP contribution < -0.4 is 4.72 Å². The molecule has 41 heavy (non-hydrogen) atoms. The van der Waals surface area contributed by atoms with E-state index in [1.165, 1.54) is 12.1 Å². The average molecular weight is 579 g/mol. The number of amides is 1. The molecule has 216 valence electrons. The maximum Gasteiger partial charge on any atom is 0.336 e. The zero-order valence-corrected chi connectivity index (χ0v) is 24.3. The molecular formula is C30H34N4O6S. The third-order valence-corrected chi connectivity index (χ3v) is 9.39. The van der Waals surface area contributed by atoms with Gasteiger partial charge in [-0.25, -0.2) is 13.2 Å². The Morgan fingerprint density at radius 2 is 1.85 bits per heavy atom. The summed E-state index contributed by atoms with van der Waals surface area (Å²) in [4.78, 5) is 32.6. The van der Waals surface area contributed by atoms with Crippen LogP contribution in [0.3, 0.4) is 0 Å². The molecule has 0 saturated heterocycles. The lowest BCUT2D eigenvalue weighted by atomic mass is 9.96. The van der Waals surface area contributed by atoms with Crippen LogP contribution in [0.2, 0.25) is 0 Å². The Bertz CT molecular complexity index is 1640. The molecular weight excluding hydrogens is 544 g/mol. The number of aromatic carboxylic acids is 1. The molecule has 2 N–H and O–H groups in total. The quantitative estimate of drug-likeness (QED) is 0.314. The highest BCUT2D eigenvalue weighted by Gasteiger charge is 2.49. The summed E-state index contributed by atoms with van der Waals surface area (Å²) in [6.07, 6.45) is 5.98. The molecule has 2 aromatic carbocycles. The van der Waals surface area contributed by atoms with Crippen LogP contribution in [0.1, 0.15) is 79.1 Å². The van der Waals surface area contributed by atoms with Gasteiger partial charge in [-0.3, -0.25) is 19.4 Å². The number of nitrogens with zero attached hydrogens (tertiary/aromatic N) is 3. The number of carboxylic acid groups (broad SMARTS) is 1. The number of aryl methyl sites for hydroxylation is 1. The first-order valence-corrected chi connectivity index (χ1v) is 15.4. The van der Waals surface area contributed by atoms with Gasteiger partial charge in [0.25, 0.3) is 15.9 Å². The minimum Gasteiger partial charge on any atom is -0.478 e. The zero-order valence-electron chi connectivity index (χ0n) is 23.4. The van der Waals surface area contributed by atoms with Crippen LogP contribution in [0, 0.1) is 13.8 Å². The van der Waals surface area contributed by atoms with Crippen LogP contribution in [0.4, 0.5) is 5.82 Å². The van der Waals surface area contributed by atoms with E-state index in [0.717, 1.165) is 44.4 Å². The van der Waals surface area contributed by atoms with Crippen molar-refractivity contribution in [2.75, 3.05) is 4.72 Å². The number of aromatic nitrogens is 1. The van der Waals surface area contributed by atoms with E-state index >= 15 is 0 Å². The van der Waals surface area contributed by atoms with Gasteiger partial charge < -0.3 is 9.63 Å². The number of anilines is 1. The number of nitrogens with one attached hydrogen (secondary N) is 1. The smallest absolute Gasteiger partial charge is 0.336 e. The normalized spacial score (nSPS) is 16.4. The first kappa shape index (κ1) is 28.5. The summed E-state index contributed by atoms with van der Waals surface area (Å²) in [5.41, 5.74) is 0.919. The van der Waals surface area contributed by atoms with Gasteiger partial charge in [0.05, 0.1) is 17.0 Å². The van der Waals surface area contributed by atoms with Gasteiger partial charge in [-0.1, -0.05) is 61.7 Å². The van der Waals surface area contributed by atoms with Crippen molar-refractivity contribution in [3.8, 4) is 11.1 Å². The van der Waals surface area contributed by atoms with Crippen LogP contribution in [0.25, 0.3) is 11.1 Å². The number of carbonyl (C=O) groups excluding carboxylic acids is 1. The van der Waals surface area contributed by atoms with E-state index in [2.05, 4.69) is 16.8 Å². The number of carboxylic acids is 1. The highest BCUT2D eigenvalue weighted by Crippen LogP contribution is 2.40. The molecule has 0 bridgehead atoms. The van der Waals surface area contributed by atoms with Crippen molar-refractivity contribution < 1.29 is 27.6 Å². The third-order valence-electron chi connectivity index (χ3n) is 7.99. The second-order valence-corrected chi connectivity index (χ2v) is 12.4. The first-order valence-electron chi connectivity index (χ1n) is 13.9. The van der Waals surface area contributed by atoms with Gasteiger partial charge >= 0.3 is 5.97 Å². The Morgan fingerprint density at radius 3 is 2.51 bits per heavy atom. The van der Waals surface area contributed by atoms with Crippen molar-refractivity contribution in [2.24, 2.45) is 4.99 Å². The van der Waals surface area contributed by atoms with Crippen LogP contribution in [-0.4, -0.2) is 46.8 Å². The van der Waals surface area contributed by atoms with Gasteiger partial charge in [-0.2, -0.15) is 0 Å². The van der Waals surface area contributed by atoms with Crippen molar-refractivity contribution in [2.45, 2.75) is 82.7 Å². The predicted molar refractivity (Wildman–Crippen MR) is 154 cm³/mol. The molecule has 1 amide bonds. The van der Waals surface area contributed by atoms with Gasteiger partial charge in [0.15, 0.2) is 5.82 Å². The number of hydrogen-bond acceptors (Lipinski definition) is 7. The van der Waals surface area contributed by atoms with Gasteiger partial charge in [-0.05, 0) is 56.4 Å². The molecule has 1 saturated carbocycles. The minimum absolute atomic E-state index is 0.0112. The van der Waals surface area contributed by atoms with E-state index in [1.54, 1.807) is 49.1 Å². The lowest BCUT2D eigenvalue weighted by Gasteiger charge is -2.23. The number of amidine groups is 1. The third kappa shape index (κ3) is 5.38. The average Bonchev–Trinajstić information content (AvgIpc) is 3.63. The Hall–Kier alpha value is -3.99. The van der Waals surface area contributed by atoms with E-state index in [1.807, 2.05) is 0 Å². The van der Waals surface area contributed by atoms with Gasteiger partial charge in [0.2, 0.25) is 0 Å². The lowest BCUT2D eigenvalue weighted by Crippen LogP contribution is -2.40. The monoisotopic (exact) mass is 578 g/mol. The molecule has 1 spiro atoms. The van der Waals surface area contributed by atoms with E-state index in [0.29, 0.717) is 23.3 Å². The maximum atomic E-state index is 13.6. The molecule has 0 radical (unpaired) electrons. The molecule has 3 aromatic rings. The Morgan fingerprint density at radius 1 is 1.12 bits per heavy atom. The van der Waals surface area contributed by atoms with Crippen molar-refractivity contribution in [1.82, 2.24) is 10.1 Å². The number of hydrogen-bond donors (Lipinski definition) is 2. The Kier molecular flexibility index (Phi) is 7.74. The summed E-state index contributed by atoms with van der Waals surface area (Å²) in [5, 5.41) is 14.0. The summed E-state index contributed by atoms with van der Waals surface area (Å²) in [5.74, 6) is 0.105. The number of aliphatic imine (C=N–C) groups is 1. The summed E-state index contributed by atoms with van der Waals surface area (Å²) in [6, 6.07) is 11.1. The second-order valence-electron chi connectivity index (χ2n) is 10.8. The number of benzene rings is 2. The summed E-state index contributed by atoms with van der Waals surface area (Å²) in [6.45, 7) is 5.66. The number of sulfonamides is 1. The maximum absolute atomic E-state index is 13.6. The lowest BCUT2D eigenvalue weighted by molar-refractivity contribution is -0.131. The fraction of sp³-hybridized carbons (Fsp3) is 0.400. The summed E-state index contributed by atoms with van der Waals surface area (Å²) in [7, 11) is -4.14. The summed E-state index contributed by atoms with van der Waals surface area (Å²) < 4.78 is 34.4. The van der Waals surface area contributed by atoms with Crippen molar-refractivity contribution in [1.29, 1.82) is 0 Å². The molecule has 5 rings (SSSR count). The largest absolute Gasteiger partial charge is 0.478 e. The van der Waals surface area contributed by atoms with Crippen LogP contribution >= 0.6 is 0 Å². The number of rotatable bonds is 10. The number of carbonyl (C=O) groups is 2. The van der Waals surface area contributed by atoms with Crippen LogP contribution in [0.5, 0.6) is 0 Å². The van der Waals surface area contributed by atoms with Gasteiger partial charge in [0, 0.05) is 17.5 Å². The molecule has 1 aromatic heterocycles. The van der Waals surface area contributed by atoms with E-state index in [-0.39, 0.29) is 39.9 Å².